The van der Waals surface area contributed by atoms with Crippen LogP contribution in [0.3, 0.4) is 0 Å². The Hall–Kier alpha value is -1.79. The third-order valence-electron chi connectivity index (χ3n) is 3.07. The average Bonchev–Trinajstić information content (AvgIpc) is 2.52. The highest BCUT2D eigenvalue weighted by Gasteiger charge is 2.22. The zero-order valence-corrected chi connectivity index (χ0v) is 11.5. The molecule has 20 heavy (non-hydrogen) atoms. The number of benzene rings is 1. The first-order valence-corrected chi connectivity index (χ1v) is 6.55. The molecule has 2 rings (SSSR count). The quantitative estimate of drug-likeness (QED) is 0.853. The lowest BCUT2D eigenvalue weighted by atomic mass is 10.1. The maximum Gasteiger partial charge on any atom is 0.257 e. The van der Waals surface area contributed by atoms with Crippen molar-refractivity contribution in [3.8, 4) is 11.5 Å². The fourth-order valence-corrected chi connectivity index (χ4v) is 2.02. The molecule has 1 aromatic carbocycles. The summed E-state index contributed by atoms with van der Waals surface area (Å²) < 4.78 is 15.8. The molecule has 1 N–H and O–H groups in total. The second-order valence-corrected chi connectivity index (χ2v) is 4.34. The van der Waals surface area contributed by atoms with E-state index >= 15 is 0 Å². The normalized spacial score (nSPS) is 15.0. The highest BCUT2D eigenvalue weighted by atomic mass is 16.5. The number of carbonyl (C=O) groups excluding carboxylic acids is 1. The zero-order valence-electron chi connectivity index (χ0n) is 11.5. The van der Waals surface area contributed by atoms with E-state index in [0.717, 1.165) is 0 Å². The summed E-state index contributed by atoms with van der Waals surface area (Å²) >= 11 is 0. The van der Waals surface area contributed by atoms with Gasteiger partial charge in [-0.15, -0.1) is 0 Å². The summed E-state index contributed by atoms with van der Waals surface area (Å²) in [6, 6.07) is 5.06. The molecule has 0 saturated carbocycles. The molecule has 110 valence electrons. The second-order valence-electron chi connectivity index (χ2n) is 4.34. The lowest BCUT2D eigenvalue weighted by Gasteiger charge is -2.27. The minimum absolute atomic E-state index is 0.0936. The maximum absolute atomic E-state index is 12.5. The van der Waals surface area contributed by atoms with Gasteiger partial charge in [0.15, 0.2) is 0 Å². The number of hydrogen-bond donors (Lipinski definition) is 1. The summed E-state index contributed by atoms with van der Waals surface area (Å²) in [5.74, 6) is 0.940. The number of carbonyl (C=O) groups is 1. The molecular formula is C14H19NO5. The molecule has 1 saturated heterocycles. The molecule has 1 aliphatic rings. The van der Waals surface area contributed by atoms with Crippen molar-refractivity contribution in [1.82, 2.24) is 4.90 Å². The van der Waals surface area contributed by atoms with Gasteiger partial charge >= 0.3 is 0 Å². The van der Waals surface area contributed by atoms with Crippen LogP contribution in [0, 0.1) is 0 Å². The average molecular weight is 281 g/mol. The minimum atomic E-state index is -0.109. The number of nitrogens with zero attached hydrogens (tertiary/aromatic N) is 1. The van der Waals surface area contributed by atoms with E-state index in [9.17, 15) is 4.79 Å². The zero-order chi connectivity index (χ0) is 14.4. The van der Waals surface area contributed by atoms with Gasteiger partial charge in [-0.25, -0.2) is 0 Å². The molecule has 1 heterocycles. The summed E-state index contributed by atoms with van der Waals surface area (Å²) in [4.78, 5) is 14.2. The van der Waals surface area contributed by atoms with E-state index in [4.69, 9.17) is 19.3 Å². The summed E-state index contributed by atoms with van der Waals surface area (Å²) in [6.07, 6.45) is 0. The Balaban J connectivity index is 2.21. The van der Waals surface area contributed by atoms with Gasteiger partial charge in [0.1, 0.15) is 18.1 Å². The Morgan fingerprint density at radius 2 is 2.15 bits per heavy atom. The summed E-state index contributed by atoms with van der Waals surface area (Å²) in [6.45, 7) is 2.27. The Morgan fingerprint density at radius 3 is 2.80 bits per heavy atom. The van der Waals surface area contributed by atoms with Crippen molar-refractivity contribution in [2.24, 2.45) is 0 Å². The van der Waals surface area contributed by atoms with Crippen LogP contribution in [0.1, 0.15) is 10.4 Å². The van der Waals surface area contributed by atoms with Crippen molar-refractivity contribution >= 4 is 5.91 Å². The van der Waals surface area contributed by atoms with Gasteiger partial charge < -0.3 is 24.2 Å². The lowest BCUT2D eigenvalue weighted by molar-refractivity contribution is 0.0300. The van der Waals surface area contributed by atoms with Crippen LogP contribution in [-0.2, 0) is 4.74 Å². The van der Waals surface area contributed by atoms with Crippen LogP contribution < -0.4 is 9.47 Å². The molecule has 1 aliphatic heterocycles. The predicted molar refractivity (Wildman–Crippen MR) is 72.3 cm³/mol. The number of rotatable bonds is 5. The summed E-state index contributed by atoms with van der Waals surface area (Å²) in [7, 11) is 1.55. The molecule has 6 nitrogen and oxygen atoms in total. The first kappa shape index (κ1) is 14.6. The van der Waals surface area contributed by atoms with E-state index in [1.54, 1.807) is 30.2 Å². The molecule has 0 bridgehead atoms. The molecule has 0 spiro atoms. The van der Waals surface area contributed by atoms with Gasteiger partial charge in [-0.05, 0) is 12.1 Å². The highest BCUT2D eigenvalue weighted by Crippen LogP contribution is 2.26. The fourth-order valence-electron chi connectivity index (χ4n) is 2.02. The van der Waals surface area contributed by atoms with Crippen LogP contribution in [-0.4, -0.2) is 62.5 Å². The van der Waals surface area contributed by atoms with Gasteiger partial charge in [-0.3, -0.25) is 4.79 Å². The molecule has 1 aromatic rings. The van der Waals surface area contributed by atoms with E-state index in [1.165, 1.54) is 0 Å². The molecule has 6 heteroatoms. The van der Waals surface area contributed by atoms with E-state index in [1.807, 2.05) is 0 Å². The van der Waals surface area contributed by atoms with Crippen molar-refractivity contribution in [3.05, 3.63) is 23.8 Å². The molecule has 1 fully saturated rings. The third-order valence-corrected chi connectivity index (χ3v) is 3.07. The van der Waals surface area contributed by atoms with E-state index < -0.39 is 0 Å². The SMILES string of the molecule is COc1ccc(C(=O)N2CCOCC2)c(OCCO)c1. The molecule has 0 aliphatic carbocycles. The van der Waals surface area contributed by atoms with Gasteiger partial charge in [0.25, 0.3) is 5.91 Å². The van der Waals surface area contributed by atoms with Crippen molar-refractivity contribution in [2.75, 3.05) is 46.6 Å². The van der Waals surface area contributed by atoms with Crippen molar-refractivity contribution in [2.45, 2.75) is 0 Å². The number of aliphatic hydroxyl groups is 1. The van der Waals surface area contributed by atoms with Gasteiger partial charge in [-0.1, -0.05) is 0 Å². The van der Waals surface area contributed by atoms with E-state index in [2.05, 4.69) is 0 Å². The molecule has 1 amide bonds. The van der Waals surface area contributed by atoms with Crippen LogP contribution in [0.15, 0.2) is 18.2 Å². The van der Waals surface area contributed by atoms with Crippen molar-refractivity contribution < 1.29 is 24.1 Å². The molecular weight excluding hydrogens is 262 g/mol. The van der Waals surface area contributed by atoms with E-state index in [-0.39, 0.29) is 19.1 Å². The lowest BCUT2D eigenvalue weighted by Crippen LogP contribution is -2.40. The van der Waals surface area contributed by atoms with Gasteiger partial charge in [0, 0.05) is 19.2 Å². The molecule has 0 aromatic heterocycles. The second kappa shape index (κ2) is 7.12. The van der Waals surface area contributed by atoms with Gasteiger partial charge in [0.2, 0.25) is 0 Å². The Kier molecular flexibility index (Phi) is 5.20. The molecule has 0 radical (unpaired) electrons. The van der Waals surface area contributed by atoms with Crippen LogP contribution in [0.4, 0.5) is 0 Å². The number of hydrogen-bond acceptors (Lipinski definition) is 5. The molecule has 0 unspecified atom stereocenters. The maximum atomic E-state index is 12.5. The largest absolute Gasteiger partial charge is 0.497 e. The van der Waals surface area contributed by atoms with Crippen LogP contribution in [0.25, 0.3) is 0 Å². The Labute approximate surface area is 117 Å². The third kappa shape index (κ3) is 3.40. The topological polar surface area (TPSA) is 68.2 Å². The standard InChI is InChI=1S/C14H19NO5/c1-18-11-2-3-12(13(10-11)20-9-6-16)14(17)15-4-7-19-8-5-15/h2-3,10,16H,4-9H2,1H3. The number of amides is 1. The summed E-state index contributed by atoms with van der Waals surface area (Å²) in [5, 5.41) is 8.86. The van der Waals surface area contributed by atoms with Crippen LogP contribution >= 0.6 is 0 Å². The highest BCUT2D eigenvalue weighted by molar-refractivity contribution is 5.97. The first-order valence-electron chi connectivity index (χ1n) is 6.55. The van der Waals surface area contributed by atoms with E-state index in [0.29, 0.717) is 43.4 Å². The number of ether oxygens (including phenoxy) is 3. The van der Waals surface area contributed by atoms with Crippen LogP contribution in [0.5, 0.6) is 11.5 Å². The number of aliphatic hydroxyl groups excluding tert-OH is 1. The predicted octanol–water partition coefficient (Wildman–Crippen LogP) is 0.539. The smallest absolute Gasteiger partial charge is 0.257 e. The summed E-state index contributed by atoms with van der Waals surface area (Å²) in [5.41, 5.74) is 0.473. The Bertz CT molecular complexity index is 457. The number of morpholine rings is 1. The van der Waals surface area contributed by atoms with Crippen molar-refractivity contribution in [1.29, 1.82) is 0 Å². The number of methoxy groups -OCH3 is 1. The van der Waals surface area contributed by atoms with Crippen LogP contribution in [0.2, 0.25) is 0 Å². The fraction of sp³-hybridized carbons (Fsp3) is 0.500. The minimum Gasteiger partial charge on any atom is -0.497 e. The van der Waals surface area contributed by atoms with Crippen molar-refractivity contribution in [3.63, 3.8) is 0 Å². The molecule has 0 atom stereocenters. The van der Waals surface area contributed by atoms with Gasteiger partial charge in [-0.2, -0.15) is 0 Å². The monoisotopic (exact) mass is 281 g/mol. The van der Waals surface area contributed by atoms with Gasteiger partial charge in [0.05, 0.1) is 32.5 Å². The Morgan fingerprint density at radius 1 is 1.40 bits per heavy atom. The first-order chi connectivity index (χ1) is 9.76.